The summed E-state index contributed by atoms with van der Waals surface area (Å²) >= 11 is 0. The molecule has 1 saturated carbocycles. The third kappa shape index (κ3) is 2.47. The van der Waals surface area contributed by atoms with E-state index >= 15 is 0 Å². The lowest BCUT2D eigenvalue weighted by molar-refractivity contribution is -0.0138. The fourth-order valence-electron chi connectivity index (χ4n) is 2.34. The Bertz CT molecular complexity index is 405. The van der Waals surface area contributed by atoms with Crippen LogP contribution in [0.5, 0.6) is 0 Å². The number of hydrogen-bond acceptors (Lipinski definition) is 2. The summed E-state index contributed by atoms with van der Waals surface area (Å²) in [5, 5.41) is 0. The normalized spacial score (nSPS) is 17.8. The van der Waals surface area contributed by atoms with Crippen LogP contribution in [0.1, 0.15) is 57.6 Å². The van der Waals surface area contributed by atoms with Crippen molar-refractivity contribution in [1.29, 1.82) is 0 Å². The van der Waals surface area contributed by atoms with Crippen molar-refractivity contribution in [2.75, 3.05) is 5.73 Å². The number of benzene rings is 1. The second-order valence-electron chi connectivity index (χ2n) is 5.66. The minimum Gasteiger partial charge on any atom is -0.398 e. The highest BCUT2D eigenvalue weighted by molar-refractivity contribution is 5.54. The highest BCUT2D eigenvalue weighted by Gasteiger charge is 2.47. The average Bonchev–Trinajstić information content (AvgIpc) is 2.97. The van der Waals surface area contributed by atoms with Gasteiger partial charge in [-0.1, -0.05) is 26.0 Å². The largest absolute Gasteiger partial charge is 0.398 e. The van der Waals surface area contributed by atoms with Crippen molar-refractivity contribution in [3.05, 3.63) is 29.3 Å². The molecule has 0 unspecified atom stereocenters. The topological polar surface area (TPSA) is 35.2 Å². The number of rotatable bonds is 4. The van der Waals surface area contributed by atoms with Gasteiger partial charge in [-0.2, -0.15) is 0 Å². The van der Waals surface area contributed by atoms with Crippen molar-refractivity contribution in [3.63, 3.8) is 0 Å². The molecule has 0 spiro atoms. The van der Waals surface area contributed by atoms with Gasteiger partial charge in [0.15, 0.2) is 0 Å². The van der Waals surface area contributed by atoms with E-state index in [1.54, 1.807) is 0 Å². The van der Waals surface area contributed by atoms with Crippen LogP contribution in [0.3, 0.4) is 0 Å². The monoisotopic (exact) mass is 233 g/mol. The predicted octanol–water partition coefficient (Wildman–Crippen LogP) is 3.81. The molecule has 1 fully saturated rings. The van der Waals surface area contributed by atoms with E-state index in [1.807, 2.05) is 6.07 Å². The number of nitrogen functional groups attached to an aromatic ring is 1. The smallest absolute Gasteiger partial charge is 0.0957 e. The molecule has 1 aliphatic carbocycles. The van der Waals surface area contributed by atoms with Crippen LogP contribution in [0.2, 0.25) is 0 Å². The molecular formula is C15H23NO. The van der Waals surface area contributed by atoms with Crippen LogP contribution >= 0.6 is 0 Å². The molecule has 17 heavy (non-hydrogen) atoms. The zero-order valence-electron chi connectivity index (χ0n) is 11.3. The van der Waals surface area contributed by atoms with E-state index in [4.69, 9.17) is 10.5 Å². The second kappa shape index (κ2) is 4.34. The molecular weight excluding hydrogens is 210 g/mol. The third-order valence-electron chi connectivity index (χ3n) is 3.40. The van der Waals surface area contributed by atoms with Gasteiger partial charge in [0, 0.05) is 11.3 Å². The molecule has 0 heterocycles. The molecule has 0 bridgehead atoms. The molecule has 94 valence electrons. The first-order valence-electron chi connectivity index (χ1n) is 6.52. The lowest BCUT2D eigenvalue weighted by atomic mass is 9.96. The quantitative estimate of drug-likeness (QED) is 0.803. The van der Waals surface area contributed by atoms with E-state index in [0.717, 1.165) is 18.5 Å². The highest BCUT2D eigenvalue weighted by atomic mass is 16.5. The number of hydrogen-bond donors (Lipinski definition) is 1. The lowest BCUT2D eigenvalue weighted by Crippen LogP contribution is -2.19. The standard InChI is InChI=1S/C15H23NO/c1-10(2)12-5-6-14(16)13(9-12)15(7-8-15)17-11(3)4/h5-6,9-11H,7-8,16H2,1-4H3. The van der Waals surface area contributed by atoms with Gasteiger partial charge in [-0.15, -0.1) is 0 Å². The number of ether oxygens (including phenoxy) is 1. The minimum atomic E-state index is -0.0941. The zero-order chi connectivity index (χ0) is 12.6. The Morgan fingerprint density at radius 2 is 1.82 bits per heavy atom. The Labute approximate surface area is 104 Å². The van der Waals surface area contributed by atoms with Gasteiger partial charge in [0.2, 0.25) is 0 Å². The molecule has 0 atom stereocenters. The van der Waals surface area contributed by atoms with Gasteiger partial charge in [0.05, 0.1) is 11.7 Å². The van der Waals surface area contributed by atoms with E-state index in [2.05, 4.69) is 39.8 Å². The Morgan fingerprint density at radius 3 is 2.29 bits per heavy atom. The predicted molar refractivity (Wildman–Crippen MR) is 72.1 cm³/mol. The van der Waals surface area contributed by atoms with E-state index in [1.165, 1.54) is 11.1 Å². The summed E-state index contributed by atoms with van der Waals surface area (Å²) in [6.07, 6.45) is 2.44. The molecule has 2 nitrogen and oxygen atoms in total. The molecule has 0 aliphatic heterocycles. The second-order valence-corrected chi connectivity index (χ2v) is 5.66. The van der Waals surface area contributed by atoms with Crippen molar-refractivity contribution in [1.82, 2.24) is 0 Å². The molecule has 1 aromatic carbocycles. The molecule has 0 amide bonds. The summed E-state index contributed by atoms with van der Waals surface area (Å²) < 4.78 is 6.07. The van der Waals surface area contributed by atoms with Gasteiger partial charge in [0.25, 0.3) is 0 Å². The maximum atomic E-state index is 6.11. The van der Waals surface area contributed by atoms with Crippen molar-refractivity contribution in [2.24, 2.45) is 0 Å². The Kier molecular flexibility index (Phi) is 3.17. The van der Waals surface area contributed by atoms with Crippen molar-refractivity contribution >= 4 is 5.69 Å². The van der Waals surface area contributed by atoms with Crippen LogP contribution in [0.25, 0.3) is 0 Å². The van der Waals surface area contributed by atoms with Gasteiger partial charge >= 0.3 is 0 Å². The van der Waals surface area contributed by atoms with Crippen LogP contribution < -0.4 is 5.73 Å². The summed E-state index contributed by atoms with van der Waals surface area (Å²) in [7, 11) is 0. The van der Waals surface area contributed by atoms with Crippen LogP contribution in [0.15, 0.2) is 18.2 Å². The van der Waals surface area contributed by atoms with Gasteiger partial charge in [-0.3, -0.25) is 0 Å². The Balaban J connectivity index is 2.34. The van der Waals surface area contributed by atoms with Crippen molar-refractivity contribution < 1.29 is 4.74 Å². The summed E-state index contributed by atoms with van der Waals surface area (Å²) in [6.45, 7) is 8.58. The fourth-order valence-corrected chi connectivity index (χ4v) is 2.34. The zero-order valence-corrected chi connectivity index (χ0v) is 11.3. The summed E-state index contributed by atoms with van der Waals surface area (Å²) in [6, 6.07) is 6.37. The van der Waals surface area contributed by atoms with Crippen molar-refractivity contribution in [2.45, 2.75) is 58.2 Å². The van der Waals surface area contributed by atoms with Crippen LogP contribution in [-0.2, 0) is 10.3 Å². The van der Waals surface area contributed by atoms with Gasteiger partial charge in [0.1, 0.15) is 0 Å². The van der Waals surface area contributed by atoms with E-state index in [9.17, 15) is 0 Å². The third-order valence-corrected chi connectivity index (χ3v) is 3.40. The summed E-state index contributed by atoms with van der Waals surface area (Å²) in [5.41, 5.74) is 9.42. The van der Waals surface area contributed by atoms with E-state index in [-0.39, 0.29) is 11.7 Å². The van der Waals surface area contributed by atoms with Crippen LogP contribution in [0.4, 0.5) is 5.69 Å². The fraction of sp³-hybridized carbons (Fsp3) is 0.600. The molecule has 1 aromatic rings. The maximum Gasteiger partial charge on any atom is 0.0957 e. The molecule has 2 heteroatoms. The molecule has 2 rings (SSSR count). The number of anilines is 1. The first-order chi connectivity index (χ1) is 7.94. The van der Waals surface area contributed by atoms with E-state index < -0.39 is 0 Å². The lowest BCUT2D eigenvalue weighted by Gasteiger charge is -2.23. The Morgan fingerprint density at radius 1 is 1.18 bits per heavy atom. The van der Waals surface area contributed by atoms with E-state index in [0.29, 0.717) is 5.92 Å². The highest BCUT2D eigenvalue weighted by Crippen LogP contribution is 2.52. The minimum absolute atomic E-state index is 0.0941. The first-order valence-corrected chi connectivity index (χ1v) is 6.52. The molecule has 1 aliphatic rings. The average molecular weight is 233 g/mol. The van der Waals surface area contributed by atoms with Gasteiger partial charge < -0.3 is 10.5 Å². The summed E-state index contributed by atoms with van der Waals surface area (Å²) in [5.74, 6) is 0.532. The molecule has 0 aromatic heterocycles. The van der Waals surface area contributed by atoms with Gasteiger partial charge in [-0.05, 0) is 44.2 Å². The molecule has 2 N–H and O–H groups in total. The van der Waals surface area contributed by atoms with Crippen LogP contribution in [-0.4, -0.2) is 6.10 Å². The number of nitrogens with two attached hydrogens (primary N) is 1. The molecule has 0 saturated heterocycles. The van der Waals surface area contributed by atoms with Crippen molar-refractivity contribution in [3.8, 4) is 0 Å². The molecule has 0 radical (unpaired) electrons. The maximum absolute atomic E-state index is 6.11. The van der Waals surface area contributed by atoms with Crippen LogP contribution in [0, 0.1) is 0 Å². The summed E-state index contributed by atoms with van der Waals surface area (Å²) in [4.78, 5) is 0. The SMILES string of the molecule is CC(C)OC1(c2cc(C(C)C)ccc2N)CC1. The Hall–Kier alpha value is -1.02. The first kappa shape index (κ1) is 12.4. The van der Waals surface area contributed by atoms with Gasteiger partial charge in [-0.25, -0.2) is 0 Å².